The number of nitrogens with zero attached hydrogens (tertiary/aromatic N) is 2. The van der Waals surface area contributed by atoms with Crippen LogP contribution in [0.4, 0.5) is 11.4 Å². The monoisotopic (exact) mass is 493 g/mol. The lowest BCUT2D eigenvalue weighted by Crippen LogP contribution is -2.46. The Labute approximate surface area is 212 Å². The van der Waals surface area contributed by atoms with Crippen LogP contribution in [0.15, 0.2) is 109 Å². The van der Waals surface area contributed by atoms with Gasteiger partial charge in [0.1, 0.15) is 0 Å². The Kier molecular flexibility index (Phi) is 6.57. The molecular weight excluding hydrogens is 470 g/mol. The SMILES string of the molecule is O=C1[C@H](c2ccccc2)[C@@H](c2cccc([N+](=O)[O-])c2)N[C@H](c2cccc([N+](=O)[O-])c2)[C@@H]1c1ccccc1. The molecule has 0 unspecified atom stereocenters. The third-order valence-corrected chi connectivity index (χ3v) is 6.84. The van der Waals surface area contributed by atoms with Crippen LogP contribution in [0.2, 0.25) is 0 Å². The number of hydrogen-bond acceptors (Lipinski definition) is 6. The number of ketones is 1. The molecule has 0 spiro atoms. The van der Waals surface area contributed by atoms with Gasteiger partial charge in [0.05, 0.1) is 21.7 Å². The Hall–Kier alpha value is -4.69. The van der Waals surface area contributed by atoms with Gasteiger partial charge in [-0.25, -0.2) is 0 Å². The fourth-order valence-electron chi connectivity index (χ4n) is 5.18. The molecule has 0 saturated carbocycles. The summed E-state index contributed by atoms with van der Waals surface area (Å²) in [5.74, 6) is -1.34. The molecule has 0 aliphatic carbocycles. The Bertz CT molecular complexity index is 1350. The van der Waals surface area contributed by atoms with Crippen molar-refractivity contribution in [1.29, 1.82) is 0 Å². The summed E-state index contributed by atoms with van der Waals surface area (Å²) < 4.78 is 0. The van der Waals surface area contributed by atoms with Crippen molar-refractivity contribution in [3.63, 3.8) is 0 Å². The highest BCUT2D eigenvalue weighted by Crippen LogP contribution is 2.47. The number of nitro groups is 2. The number of nitrogens with one attached hydrogen (secondary N) is 1. The van der Waals surface area contributed by atoms with Crippen LogP contribution < -0.4 is 5.32 Å². The summed E-state index contributed by atoms with van der Waals surface area (Å²) in [6, 6.07) is 30.0. The van der Waals surface area contributed by atoms with Crippen molar-refractivity contribution in [2.24, 2.45) is 0 Å². The summed E-state index contributed by atoms with van der Waals surface area (Å²) in [4.78, 5) is 36.6. The van der Waals surface area contributed by atoms with E-state index in [4.69, 9.17) is 0 Å². The summed E-state index contributed by atoms with van der Waals surface area (Å²) in [7, 11) is 0. The van der Waals surface area contributed by atoms with Crippen molar-refractivity contribution in [3.05, 3.63) is 152 Å². The Morgan fingerprint density at radius 3 is 1.30 bits per heavy atom. The van der Waals surface area contributed by atoms with Crippen molar-refractivity contribution in [3.8, 4) is 0 Å². The van der Waals surface area contributed by atoms with Gasteiger partial charge in [0, 0.05) is 36.3 Å². The van der Waals surface area contributed by atoms with Crippen LogP contribution in [-0.4, -0.2) is 15.6 Å². The second kappa shape index (κ2) is 10.1. The van der Waals surface area contributed by atoms with Gasteiger partial charge in [0.25, 0.3) is 11.4 Å². The molecule has 0 bridgehead atoms. The standard InChI is InChI=1S/C29H23N3O5/c33-29-25(19-9-3-1-4-10-19)27(21-13-7-15-23(17-21)31(34)35)30-28(26(29)20-11-5-2-6-12-20)22-14-8-16-24(18-22)32(36)37/h1-18,25-28,30H/t25-,26+,27-,28-/m1/s1. The minimum atomic E-state index is -0.636. The van der Waals surface area contributed by atoms with Gasteiger partial charge in [-0.15, -0.1) is 0 Å². The molecule has 4 aromatic carbocycles. The van der Waals surface area contributed by atoms with Crippen LogP contribution in [0.1, 0.15) is 46.2 Å². The van der Waals surface area contributed by atoms with Crippen LogP contribution in [0.5, 0.6) is 0 Å². The minimum Gasteiger partial charge on any atom is -0.301 e. The zero-order chi connectivity index (χ0) is 25.9. The normalized spacial score (nSPS) is 21.4. The zero-order valence-corrected chi connectivity index (χ0v) is 19.6. The molecule has 1 fully saturated rings. The summed E-state index contributed by atoms with van der Waals surface area (Å²) in [6.07, 6.45) is 0. The number of nitro benzene ring substituents is 2. The van der Waals surface area contributed by atoms with Crippen LogP contribution in [0.3, 0.4) is 0 Å². The van der Waals surface area contributed by atoms with E-state index < -0.39 is 33.8 Å². The second-order valence-electron chi connectivity index (χ2n) is 9.01. The summed E-state index contributed by atoms with van der Waals surface area (Å²) in [5, 5.41) is 26.6. The van der Waals surface area contributed by atoms with Crippen molar-refractivity contribution in [2.45, 2.75) is 23.9 Å². The number of hydrogen-bond donors (Lipinski definition) is 1. The highest BCUT2D eigenvalue weighted by molar-refractivity contribution is 5.94. The minimum absolute atomic E-state index is 0.0656. The van der Waals surface area contributed by atoms with E-state index in [9.17, 15) is 25.0 Å². The fourth-order valence-corrected chi connectivity index (χ4v) is 5.18. The van der Waals surface area contributed by atoms with E-state index in [0.717, 1.165) is 11.1 Å². The molecule has 1 heterocycles. The molecule has 0 amide bonds. The van der Waals surface area contributed by atoms with Crippen LogP contribution in [0, 0.1) is 20.2 Å². The molecule has 0 aromatic heterocycles. The van der Waals surface area contributed by atoms with E-state index in [1.807, 2.05) is 60.7 Å². The van der Waals surface area contributed by atoms with Crippen LogP contribution in [0.25, 0.3) is 0 Å². The maximum Gasteiger partial charge on any atom is 0.269 e. The lowest BCUT2D eigenvalue weighted by atomic mass is 9.70. The van der Waals surface area contributed by atoms with E-state index in [-0.39, 0.29) is 17.2 Å². The van der Waals surface area contributed by atoms with Gasteiger partial charge in [-0.1, -0.05) is 84.9 Å². The number of Topliss-reactive ketones (excluding diaryl/α,β-unsaturated/α-hetero) is 1. The van der Waals surface area contributed by atoms with Gasteiger partial charge in [0.15, 0.2) is 5.78 Å². The van der Waals surface area contributed by atoms with Crippen molar-refractivity contribution < 1.29 is 14.6 Å². The Morgan fingerprint density at radius 2 is 0.919 bits per heavy atom. The third-order valence-electron chi connectivity index (χ3n) is 6.84. The summed E-state index contributed by atoms with van der Waals surface area (Å²) in [5.41, 5.74) is 2.62. The maximum atomic E-state index is 14.4. The van der Waals surface area contributed by atoms with Crippen LogP contribution in [-0.2, 0) is 4.79 Å². The molecule has 5 rings (SSSR count). The van der Waals surface area contributed by atoms with Crippen molar-refractivity contribution in [1.82, 2.24) is 5.32 Å². The van der Waals surface area contributed by atoms with Gasteiger partial charge >= 0.3 is 0 Å². The van der Waals surface area contributed by atoms with E-state index in [1.165, 1.54) is 24.3 Å². The van der Waals surface area contributed by atoms with Gasteiger partial charge in [-0.05, 0) is 22.3 Å². The average molecular weight is 494 g/mol. The van der Waals surface area contributed by atoms with E-state index >= 15 is 0 Å². The molecule has 1 aliphatic rings. The molecule has 0 radical (unpaired) electrons. The number of non-ortho nitro benzene ring substituents is 2. The molecule has 37 heavy (non-hydrogen) atoms. The predicted octanol–water partition coefficient (Wildman–Crippen LogP) is 6.03. The highest BCUT2D eigenvalue weighted by Gasteiger charge is 2.46. The summed E-state index contributed by atoms with van der Waals surface area (Å²) >= 11 is 0. The molecule has 1 aliphatic heterocycles. The summed E-state index contributed by atoms with van der Waals surface area (Å²) in [6.45, 7) is 0. The fraction of sp³-hybridized carbons (Fsp3) is 0.138. The van der Waals surface area contributed by atoms with Gasteiger partial charge < -0.3 is 5.32 Å². The smallest absolute Gasteiger partial charge is 0.269 e. The molecule has 4 aromatic rings. The maximum absolute atomic E-state index is 14.4. The first kappa shape index (κ1) is 24.0. The van der Waals surface area contributed by atoms with Crippen molar-refractivity contribution >= 4 is 17.2 Å². The first-order valence-electron chi connectivity index (χ1n) is 11.8. The van der Waals surface area contributed by atoms with Gasteiger partial charge in [-0.2, -0.15) is 0 Å². The number of carbonyl (C=O) groups is 1. The van der Waals surface area contributed by atoms with E-state index in [1.54, 1.807) is 24.3 Å². The molecular formula is C29H23N3O5. The van der Waals surface area contributed by atoms with Gasteiger partial charge in [-0.3, -0.25) is 25.0 Å². The Morgan fingerprint density at radius 1 is 0.541 bits per heavy atom. The number of carbonyl (C=O) groups excluding carboxylic acids is 1. The predicted molar refractivity (Wildman–Crippen MR) is 138 cm³/mol. The lowest BCUT2D eigenvalue weighted by Gasteiger charge is -2.42. The first-order valence-corrected chi connectivity index (χ1v) is 11.8. The van der Waals surface area contributed by atoms with E-state index in [0.29, 0.717) is 11.1 Å². The van der Waals surface area contributed by atoms with Gasteiger partial charge in [0.2, 0.25) is 0 Å². The third kappa shape index (κ3) is 4.74. The number of rotatable bonds is 6. The molecule has 8 heteroatoms. The van der Waals surface area contributed by atoms with Crippen LogP contribution >= 0.6 is 0 Å². The number of benzene rings is 4. The molecule has 4 atom stereocenters. The quantitative estimate of drug-likeness (QED) is 0.259. The molecule has 8 nitrogen and oxygen atoms in total. The second-order valence-corrected chi connectivity index (χ2v) is 9.01. The average Bonchev–Trinajstić information content (AvgIpc) is 2.93. The van der Waals surface area contributed by atoms with Crippen molar-refractivity contribution in [2.75, 3.05) is 0 Å². The zero-order valence-electron chi connectivity index (χ0n) is 19.6. The first-order chi connectivity index (χ1) is 17.9. The topological polar surface area (TPSA) is 115 Å². The molecule has 1 saturated heterocycles. The largest absolute Gasteiger partial charge is 0.301 e. The highest BCUT2D eigenvalue weighted by atomic mass is 16.6. The molecule has 1 N–H and O–H groups in total. The lowest BCUT2D eigenvalue weighted by molar-refractivity contribution is -0.385. The van der Waals surface area contributed by atoms with E-state index in [2.05, 4.69) is 5.32 Å². The number of piperidine rings is 1. The Balaban J connectivity index is 1.70. The molecule has 184 valence electrons.